The van der Waals surface area contributed by atoms with E-state index in [1.54, 1.807) is 11.3 Å². The second-order valence-electron chi connectivity index (χ2n) is 5.09. The molecular weight excluding hydrogens is 336 g/mol. The fourth-order valence-electron chi connectivity index (χ4n) is 2.00. The van der Waals surface area contributed by atoms with Crippen molar-refractivity contribution in [3.63, 3.8) is 0 Å². The van der Waals surface area contributed by atoms with Crippen molar-refractivity contribution in [1.29, 1.82) is 0 Å². The van der Waals surface area contributed by atoms with Crippen LogP contribution in [0.2, 0.25) is 0 Å². The number of nitrogens with one attached hydrogen (secondary N) is 1. The lowest BCUT2D eigenvalue weighted by Crippen LogP contribution is -2.07. The highest BCUT2D eigenvalue weighted by molar-refractivity contribution is 9.10. The van der Waals surface area contributed by atoms with Crippen LogP contribution in [0.15, 0.2) is 9.85 Å². The summed E-state index contributed by atoms with van der Waals surface area (Å²) in [5.41, 5.74) is 2.15. The molecule has 1 saturated carbocycles. The molecule has 2 heterocycles. The smallest absolute Gasteiger partial charge is 0.191 e. The first-order chi connectivity index (χ1) is 9.69. The Kier molecular flexibility index (Phi) is 4.03. The number of anilines is 1. The summed E-state index contributed by atoms with van der Waals surface area (Å²) in [6, 6.07) is 0. The SMILES string of the molecule is CCCNc1nc(-c2nc(C)cs2)nc(C2CC2)c1Br. The predicted molar refractivity (Wildman–Crippen MR) is 86.3 cm³/mol. The van der Waals surface area contributed by atoms with Gasteiger partial charge in [0.25, 0.3) is 0 Å². The number of nitrogens with zero attached hydrogens (tertiary/aromatic N) is 3. The van der Waals surface area contributed by atoms with Gasteiger partial charge in [-0.2, -0.15) is 0 Å². The van der Waals surface area contributed by atoms with E-state index >= 15 is 0 Å². The van der Waals surface area contributed by atoms with Gasteiger partial charge in [0, 0.05) is 23.5 Å². The summed E-state index contributed by atoms with van der Waals surface area (Å²) in [5.74, 6) is 2.22. The van der Waals surface area contributed by atoms with Crippen LogP contribution in [0.3, 0.4) is 0 Å². The Balaban J connectivity index is 2.03. The van der Waals surface area contributed by atoms with Crippen LogP contribution in [0.25, 0.3) is 10.8 Å². The Morgan fingerprint density at radius 3 is 2.75 bits per heavy atom. The van der Waals surface area contributed by atoms with Crippen molar-refractivity contribution in [2.45, 2.75) is 39.0 Å². The Morgan fingerprint density at radius 1 is 1.35 bits per heavy atom. The molecule has 3 rings (SSSR count). The molecule has 0 aliphatic heterocycles. The number of hydrogen-bond donors (Lipinski definition) is 1. The van der Waals surface area contributed by atoms with Gasteiger partial charge >= 0.3 is 0 Å². The summed E-state index contributed by atoms with van der Waals surface area (Å²) >= 11 is 5.26. The van der Waals surface area contributed by atoms with Gasteiger partial charge in [0.05, 0.1) is 10.2 Å². The molecule has 1 N–H and O–H groups in total. The molecule has 1 fully saturated rings. The number of aryl methyl sites for hydroxylation is 1. The van der Waals surface area contributed by atoms with Crippen LogP contribution in [0.1, 0.15) is 43.5 Å². The predicted octanol–water partition coefficient (Wildman–Crippen LogP) is 4.37. The maximum absolute atomic E-state index is 4.74. The first kappa shape index (κ1) is 13.9. The molecule has 20 heavy (non-hydrogen) atoms. The minimum atomic E-state index is 0.578. The second kappa shape index (κ2) is 5.77. The van der Waals surface area contributed by atoms with Crippen molar-refractivity contribution < 1.29 is 0 Å². The zero-order chi connectivity index (χ0) is 14.1. The maximum Gasteiger partial charge on any atom is 0.191 e. The fraction of sp³-hybridized carbons (Fsp3) is 0.500. The topological polar surface area (TPSA) is 50.7 Å². The van der Waals surface area contributed by atoms with Gasteiger partial charge in [-0.1, -0.05) is 6.92 Å². The molecule has 1 aliphatic rings. The first-order valence-corrected chi connectivity index (χ1v) is 8.60. The van der Waals surface area contributed by atoms with Crippen LogP contribution in [0.4, 0.5) is 5.82 Å². The third-order valence-electron chi connectivity index (χ3n) is 3.19. The average Bonchev–Trinajstić information content (AvgIpc) is 3.19. The van der Waals surface area contributed by atoms with Crippen LogP contribution < -0.4 is 5.32 Å². The average molecular weight is 353 g/mol. The lowest BCUT2D eigenvalue weighted by Gasteiger charge is -2.11. The first-order valence-electron chi connectivity index (χ1n) is 6.92. The summed E-state index contributed by atoms with van der Waals surface area (Å²) in [6.07, 6.45) is 3.51. The Labute approximate surface area is 131 Å². The molecule has 0 unspecified atom stereocenters. The van der Waals surface area contributed by atoms with Gasteiger partial charge in [0.2, 0.25) is 0 Å². The lowest BCUT2D eigenvalue weighted by molar-refractivity contribution is 0.938. The van der Waals surface area contributed by atoms with Gasteiger partial charge in [0.15, 0.2) is 10.8 Å². The second-order valence-corrected chi connectivity index (χ2v) is 6.74. The molecule has 0 spiro atoms. The standard InChI is InChI=1S/C14H17BrN4S/c1-3-6-16-12-10(15)11(9-4-5-9)18-13(19-12)14-17-8(2)7-20-14/h7,9H,3-6H2,1-2H3,(H,16,18,19). The van der Waals surface area contributed by atoms with Crippen LogP contribution in [-0.2, 0) is 0 Å². The van der Waals surface area contributed by atoms with Crippen molar-refractivity contribution in [1.82, 2.24) is 15.0 Å². The van der Waals surface area contributed by atoms with E-state index in [1.165, 1.54) is 12.8 Å². The third-order valence-corrected chi connectivity index (χ3v) is 4.93. The number of rotatable bonds is 5. The minimum absolute atomic E-state index is 0.578. The number of thiazole rings is 1. The summed E-state index contributed by atoms with van der Waals surface area (Å²) in [5, 5.41) is 6.32. The number of aromatic nitrogens is 3. The van der Waals surface area contributed by atoms with E-state index in [1.807, 2.05) is 12.3 Å². The molecule has 106 valence electrons. The Hall–Kier alpha value is -1.01. The number of halogens is 1. The molecule has 0 saturated heterocycles. The molecule has 2 aromatic heterocycles. The lowest BCUT2D eigenvalue weighted by atomic mass is 10.2. The molecule has 6 heteroatoms. The summed E-state index contributed by atoms with van der Waals surface area (Å²) in [6.45, 7) is 5.06. The minimum Gasteiger partial charge on any atom is -0.369 e. The molecule has 1 aliphatic carbocycles. The molecule has 0 atom stereocenters. The van der Waals surface area contributed by atoms with E-state index < -0.39 is 0 Å². The molecule has 0 radical (unpaired) electrons. The zero-order valence-electron chi connectivity index (χ0n) is 11.6. The highest BCUT2D eigenvalue weighted by atomic mass is 79.9. The summed E-state index contributed by atoms with van der Waals surface area (Å²) < 4.78 is 1.02. The van der Waals surface area contributed by atoms with E-state index in [0.29, 0.717) is 5.92 Å². The maximum atomic E-state index is 4.74. The monoisotopic (exact) mass is 352 g/mol. The van der Waals surface area contributed by atoms with E-state index in [4.69, 9.17) is 4.98 Å². The van der Waals surface area contributed by atoms with Crippen LogP contribution in [0, 0.1) is 6.92 Å². The fourth-order valence-corrected chi connectivity index (χ4v) is 3.37. The van der Waals surface area contributed by atoms with E-state index in [2.05, 4.69) is 38.1 Å². The van der Waals surface area contributed by atoms with Crippen LogP contribution >= 0.6 is 27.3 Å². The summed E-state index contributed by atoms with van der Waals surface area (Å²) in [7, 11) is 0. The van der Waals surface area contributed by atoms with E-state index in [0.717, 1.165) is 45.5 Å². The van der Waals surface area contributed by atoms with Gasteiger partial charge in [0.1, 0.15) is 5.82 Å². The quantitative estimate of drug-likeness (QED) is 0.867. The van der Waals surface area contributed by atoms with Gasteiger partial charge in [-0.05, 0) is 42.1 Å². The van der Waals surface area contributed by atoms with Gasteiger partial charge in [-0.15, -0.1) is 11.3 Å². The van der Waals surface area contributed by atoms with Gasteiger partial charge in [-0.3, -0.25) is 0 Å². The summed E-state index contributed by atoms with van der Waals surface area (Å²) in [4.78, 5) is 13.9. The molecule has 0 aromatic carbocycles. The molecule has 2 aromatic rings. The largest absolute Gasteiger partial charge is 0.369 e. The highest BCUT2D eigenvalue weighted by Gasteiger charge is 2.30. The van der Waals surface area contributed by atoms with Crippen molar-refractivity contribution in [2.75, 3.05) is 11.9 Å². The van der Waals surface area contributed by atoms with Crippen LogP contribution in [0.5, 0.6) is 0 Å². The highest BCUT2D eigenvalue weighted by Crippen LogP contribution is 2.44. The van der Waals surface area contributed by atoms with Crippen molar-refractivity contribution in [2.24, 2.45) is 0 Å². The van der Waals surface area contributed by atoms with Gasteiger partial charge < -0.3 is 5.32 Å². The van der Waals surface area contributed by atoms with Crippen molar-refractivity contribution in [3.8, 4) is 10.8 Å². The Bertz CT molecular complexity index is 622. The normalized spacial score (nSPS) is 14.6. The zero-order valence-corrected chi connectivity index (χ0v) is 14.0. The molecule has 4 nitrogen and oxygen atoms in total. The molecule has 0 bridgehead atoms. The molecular formula is C14H17BrN4S. The van der Waals surface area contributed by atoms with Crippen molar-refractivity contribution in [3.05, 3.63) is 21.2 Å². The number of hydrogen-bond acceptors (Lipinski definition) is 5. The van der Waals surface area contributed by atoms with E-state index in [-0.39, 0.29) is 0 Å². The van der Waals surface area contributed by atoms with Crippen molar-refractivity contribution >= 4 is 33.1 Å². The Morgan fingerprint density at radius 2 is 2.15 bits per heavy atom. The van der Waals surface area contributed by atoms with E-state index in [9.17, 15) is 0 Å². The van der Waals surface area contributed by atoms with Gasteiger partial charge in [-0.25, -0.2) is 15.0 Å². The third kappa shape index (κ3) is 2.86. The van der Waals surface area contributed by atoms with Crippen LogP contribution in [-0.4, -0.2) is 21.5 Å². The molecule has 0 amide bonds.